The lowest BCUT2D eigenvalue weighted by molar-refractivity contribution is 0.0962. The third-order valence-electron chi connectivity index (χ3n) is 2.38. The number of nitrogens with one attached hydrogen (secondary N) is 2. The largest absolute Gasteiger partial charge is 0.459 e. The molecule has 0 atom stereocenters. The van der Waals surface area contributed by atoms with Gasteiger partial charge in [0.15, 0.2) is 5.76 Å². The molecule has 0 aliphatic rings. The van der Waals surface area contributed by atoms with E-state index in [0.29, 0.717) is 11.3 Å². The molecule has 0 saturated carbocycles. The van der Waals surface area contributed by atoms with E-state index in [4.69, 9.17) is 4.42 Å². The van der Waals surface area contributed by atoms with Crippen LogP contribution >= 0.6 is 0 Å². The van der Waals surface area contributed by atoms with Gasteiger partial charge in [0.2, 0.25) is 0 Å². The van der Waals surface area contributed by atoms with E-state index >= 15 is 0 Å². The number of hydrogen-bond donors (Lipinski definition) is 2. The molecule has 1 aromatic carbocycles. The molecule has 0 aliphatic carbocycles. The zero-order valence-corrected chi connectivity index (χ0v) is 9.77. The molecule has 2 aromatic rings. The maximum Gasteiger partial charge on any atom is 0.291 e. The van der Waals surface area contributed by atoms with Crippen molar-refractivity contribution in [1.29, 1.82) is 0 Å². The van der Waals surface area contributed by atoms with E-state index in [9.17, 15) is 9.59 Å². The smallest absolute Gasteiger partial charge is 0.291 e. The maximum absolute atomic E-state index is 11.7. The average Bonchev–Trinajstić information content (AvgIpc) is 2.92. The number of furan rings is 1. The Bertz CT molecular complexity index is 544. The first kappa shape index (κ1) is 11.9. The number of carbonyl (C=O) groups excluding carboxylic acids is 2. The van der Waals surface area contributed by atoms with Crippen LogP contribution in [-0.2, 0) is 0 Å². The van der Waals surface area contributed by atoms with Gasteiger partial charge >= 0.3 is 0 Å². The molecule has 0 bridgehead atoms. The van der Waals surface area contributed by atoms with Crippen molar-refractivity contribution in [2.45, 2.75) is 0 Å². The highest BCUT2D eigenvalue weighted by Gasteiger charge is 2.09. The molecule has 0 unspecified atom stereocenters. The number of hydrogen-bond acceptors (Lipinski definition) is 3. The van der Waals surface area contributed by atoms with Gasteiger partial charge in [-0.3, -0.25) is 9.59 Å². The van der Waals surface area contributed by atoms with Crippen LogP contribution in [0.5, 0.6) is 0 Å². The summed E-state index contributed by atoms with van der Waals surface area (Å²) in [6, 6.07) is 9.81. The summed E-state index contributed by atoms with van der Waals surface area (Å²) < 4.78 is 4.97. The normalized spacial score (nSPS) is 9.83. The molecule has 2 N–H and O–H groups in total. The van der Waals surface area contributed by atoms with Gasteiger partial charge in [-0.2, -0.15) is 0 Å². The molecule has 0 spiro atoms. The Balaban J connectivity index is 2.07. The minimum atomic E-state index is -0.326. The van der Waals surface area contributed by atoms with E-state index in [-0.39, 0.29) is 17.6 Å². The molecule has 1 aromatic heterocycles. The number of carbonyl (C=O) groups is 2. The van der Waals surface area contributed by atoms with Gasteiger partial charge in [-0.1, -0.05) is 0 Å². The first-order valence-electron chi connectivity index (χ1n) is 5.37. The molecule has 5 heteroatoms. The van der Waals surface area contributed by atoms with Crippen molar-refractivity contribution in [2.24, 2.45) is 0 Å². The van der Waals surface area contributed by atoms with Crippen LogP contribution < -0.4 is 10.6 Å². The Kier molecular flexibility index (Phi) is 3.43. The molecular formula is C13H12N2O3. The number of rotatable bonds is 3. The van der Waals surface area contributed by atoms with Crippen molar-refractivity contribution in [3.8, 4) is 0 Å². The van der Waals surface area contributed by atoms with Crippen molar-refractivity contribution >= 4 is 17.5 Å². The predicted octanol–water partition coefficient (Wildman–Crippen LogP) is 1.89. The summed E-state index contributed by atoms with van der Waals surface area (Å²) in [5.74, 6) is -0.253. The van der Waals surface area contributed by atoms with Gasteiger partial charge in [0.1, 0.15) is 0 Å². The van der Waals surface area contributed by atoms with Crippen LogP contribution in [0.1, 0.15) is 20.9 Å². The van der Waals surface area contributed by atoms with Crippen LogP contribution in [0.2, 0.25) is 0 Å². The van der Waals surface area contributed by atoms with Crippen molar-refractivity contribution in [2.75, 3.05) is 12.4 Å². The van der Waals surface area contributed by atoms with E-state index in [1.54, 1.807) is 43.4 Å². The van der Waals surface area contributed by atoms with Gasteiger partial charge in [-0.15, -0.1) is 0 Å². The van der Waals surface area contributed by atoms with E-state index < -0.39 is 0 Å². The van der Waals surface area contributed by atoms with Gasteiger partial charge in [0, 0.05) is 18.3 Å². The summed E-state index contributed by atoms with van der Waals surface area (Å²) in [5.41, 5.74) is 1.14. The minimum Gasteiger partial charge on any atom is -0.459 e. The second-order valence-corrected chi connectivity index (χ2v) is 3.59. The second kappa shape index (κ2) is 5.18. The van der Waals surface area contributed by atoms with Crippen molar-refractivity contribution < 1.29 is 14.0 Å². The molecule has 0 fully saturated rings. The third-order valence-corrected chi connectivity index (χ3v) is 2.38. The Morgan fingerprint density at radius 2 is 1.78 bits per heavy atom. The molecule has 1 heterocycles. The molecule has 0 radical (unpaired) electrons. The zero-order valence-electron chi connectivity index (χ0n) is 9.77. The summed E-state index contributed by atoms with van der Waals surface area (Å²) in [6.45, 7) is 0. The quantitative estimate of drug-likeness (QED) is 0.866. The van der Waals surface area contributed by atoms with Crippen LogP contribution in [0.4, 0.5) is 5.69 Å². The monoisotopic (exact) mass is 244 g/mol. The summed E-state index contributed by atoms with van der Waals surface area (Å²) >= 11 is 0. The Morgan fingerprint density at radius 3 is 2.33 bits per heavy atom. The van der Waals surface area contributed by atoms with Crippen LogP contribution in [0.15, 0.2) is 47.1 Å². The zero-order chi connectivity index (χ0) is 13.0. The van der Waals surface area contributed by atoms with Crippen LogP contribution in [-0.4, -0.2) is 18.9 Å². The average molecular weight is 244 g/mol. The van der Waals surface area contributed by atoms with E-state index in [1.807, 2.05) is 0 Å². The first-order valence-corrected chi connectivity index (χ1v) is 5.37. The molecule has 18 heavy (non-hydrogen) atoms. The Morgan fingerprint density at radius 1 is 1.06 bits per heavy atom. The Hall–Kier alpha value is -2.56. The standard InChI is InChI=1S/C13H12N2O3/c1-14-12(16)9-4-6-10(7-5-9)15-13(17)11-3-2-8-18-11/h2-8H,1H3,(H,14,16)(H,15,17). The van der Waals surface area contributed by atoms with E-state index in [2.05, 4.69) is 10.6 Å². The van der Waals surface area contributed by atoms with Crippen molar-refractivity contribution in [1.82, 2.24) is 5.32 Å². The van der Waals surface area contributed by atoms with Crippen LogP contribution in [0, 0.1) is 0 Å². The van der Waals surface area contributed by atoms with Gasteiger partial charge < -0.3 is 15.1 Å². The van der Waals surface area contributed by atoms with Gasteiger partial charge in [0.05, 0.1) is 6.26 Å². The first-order chi connectivity index (χ1) is 8.70. The molecule has 2 rings (SSSR count). The van der Waals surface area contributed by atoms with Crippen molar-refractivity contribution in [3.63, 3.8) is 0 Å². The highest BCUT2D eigenvalue weighted by Crippen LogP contribution is 2.11. The second-order valence-electron chi connectivity index (χ2n) is 3.59. The fourth-order valence-corrected chi connectivity index (χ4v) is 1.45. The molecular weight excluding hydrogens is 232 g/mol. The Labute approximate surface area is 104 Å². The lowest BCUT2D eigenvalue weighted by atomic mass is 10.2. The molecule has 0 saturated heterocycles. The molecule has 0 aliphatic heterocycles. The SMILES string of the molecule is CNC(=O)c1ccc(NC(=O)c2ccco2)cc1. The lowest BCUT2D eigenvalue weighted by Crippen LogP contribution is -2.17. The predicted molar refractivity (Wildman–Crippen MR) is 66.5 cm³/mol. The summed E-state index contributed by atoms with van der Waals surface area (Å²) in [5, 5.41) is 5.19. The van der Waals surface area contributed by atoms with E-state index in [1.165, 1.54) is 6.26 Å². The van der Waals surface area contributed by atoms with Gasteiger partial charge in [-0.25, -0.2) is 0 Å². The van der Waals surface area contributed by atoms with Crippen LogP contribution in [0.25, 0.3) is 0 Å². The number of benzene rings is 1. The highest BCUT2D eigenvalue weighted by molar-refractivity contribution is 6.02. The summed E-state index contributed by atoms with van der Waals surface area (Å²) in [4.78, 5) is 23.0. The fraction of sp³-hybridized carbons (Fsp3) is 0.0769. The van der Waals surface area contributed by atoms with Crippen molar-refractivity contribution in [3.05, 3.63) is 54.0 Å². The number of amides is 2. The summed E-state index contributed by atoms with van der Waals surface area (Å²) in [6.07, 6.45) is 1.43. The highest BCUT2D eigenvalue weighted by atomic mass is 16.3. The molecule has 5 nitrogen and oxygen atoms in total. The van der Waals surface area contributed by atoms with E-state index in [0.717, 1.165) is 0 Å². The van der Waals surface area contributed by atoms with Gasteiger partial charge in [0.25, 0.3) is 11.8 Å². The minimum absolute atomic E-state index is 0.168. The van der Waals surface area contributed by atoms with Crippen LogP contribution in [0.3, 0.4) is 0 Å². The third kappa shape index (κ3) is 2.57. The molecule has 2 amide bonds. The molecule has 92 valence electrons. The van der Waals surface area contributed by atoms with Gasteiger partial charge in [-0.05, 0) is 36.4 Å². The summed E-state index contributed by atoms with van der Waals surface area (Å²) in [7, 11) is 1.56. The lowest BCUT2D eigenvalue weighted by Gasteiger charge is -2.04. The maximum atomic E-state index is 11.7. The topological polar surface area (TPSA) is 71.3 Å². The fourth-order valence-electron chi connectivity index (χ4n) is 1.45. The number of anilines is 1.